The normalized spacial score (nSPS) is 11.3. The van der Waals surface area contributed by atoms with Gasteiger partial charge in [-0.1, -0.05) is 17.7 Å². The van der Waals surface area contributed by atoms with Gasteiger partial charge in [-0.15, -0.1) is 0 Å². The zero-order valence-corrected chi connectivity index (χ0v) is 16.3. The van der Waals surface area contributed by atoms with Crippen LogP contribution in [0.5, 0.6) is 0 Å². The van der Waals surface area contributed by atoms with Gasteiger partial charge in [-0.05, 0) is 55.3 Å². The molecule has 8 heteroatoms. The number of aryl methyl sites for hydroxylation is 2. The molecule has 0 unspecified atom stereocenters. The molecule has 0 heterocycles. The molecule has 0 aromatic heterocycles. The molecular weight excluding hydrogens is 379 g/mol. The Kier molecular flexibility index (Phi) is 6.26. The average molecular weight is 399 g/mol. The molecule has 0 atom stereocenters. The predicted molar refractivity (Wildman–Crippen MR) is 102 cm³/mol. The summed E-state index contributed by atoms with van der Waals surface area (Å²) >= 11 is 5.73. The molecule has 0 saturated carbocycles. The van der Waals surface area contributed by atoms with Gasteiger partial charge in [0.1, 0.15) is 5.82 Å². The first-order valence-corrected chi connectivity index (χ1v) is 10.1. The Labute approximate surface area is 157 Å². The van der Waals surface area contributed by atoms with Crippen molar-refractivity contribution in [2.75, 3.05) is 23.7 Å². The minimum absolute atomic E-state index is 0.00260. The van der Waals surface area contributed by atoms with E-state index in [9.17, 15) is 17.6 Å². The number of carbonyl (C=O) groups excluding carboxylic acids is 1. The Bertz CT molecular complexity index is 932. The molecule has 0 radical (unpaired) electrons. The highest BCUT2D eigenvalue weighted by atomic mass is 35.5. The maximum absolute atomic E-state index is 13.3. The van der Waals surface area contributed by atoms with Gasteiger partial charge in [0.15, 0.2) is 0 Å². The van der Waals surface area contributed by atoms with Crippen molar-refractivity contribution in [1.82, 2.24) is 5.32 Å². The molecule has 0 bridgehead atoms. The fourth-order valence-corrected chi connectivity index (χ4v) is 3.48. The first-order valence-electron chi connectivity index (χ1n) is 7.88. The van der Waals surface area contributed by atoms with Gasteiger partial charge in [0.2, 0.25) is 10.0 Å². The molecule has 0 saturated heterocycles. The van der Waals surface area contributed by atoms with E-state index in [-0.39, 0.29) is 29.7 Å². The van der Waals surface area contributed by atoms with Gasteiger partial charge in [-0.3, -0.25) is 9.10 Å². The largest absolute Gasteiger partial charge is 0.350 e. The minimum atomic E-state index is -3.62. The second kappa shape index (κ2) is 8.05. The summed E-state index contributed by atoms with van der Waals surface area (Å²) in [7, 11) is -3.62. The smallest absolute Gasteiger partial charge is 0.251 e. The summed E-state index contributed by atoms with van der Waals surface area (Å²) in [5, 5.41) is 2.52. The van der Waals surface area contributed by atoms with E-state index in [4.69, 9.17) is 11.6 Å². The first-order chi connectivity index (χ1) is 12.1. The Morgan fingerprint density at radius 1 is 1.15 bits per heavy atom. The second-order valence-corrected chi connectivity index (χ2v) is 8.30. The van der Waals surface area contributed by atoms with E-state index in [2.05, 4.69) is 5.32 Å². The van der Waals surface area contributed by atoms with Crippen LogP contribution >= 0.6 is 11.6 Å². The molecule has 1 N–H and O–H groups in total. The van der Waals surface area contributed by atoms with Crippen LogP contribution in [0.2, 0.25) is 5.02 Å². The predicted octanol–water partition coefficient (Wildman–Crippen LogP) is 3.29. The van der Waals surface area contributed by atoms with Crippen molar-refractivity contribution in [3.8, 4) is 0 Å². The highest BCUT2D eigenvalue weighted by Gasteiger charge is 2.19. The molecule has 2 aromatic carbocycles. The summed E-state index contributed by atoms with van der Waals surface area (Å²) in [5.41, 5.74) is 2.82. The third kappa shape index (κ3) is 4.95. The van der Waals surface area contributed by atoms with Crippen molar-refractivity contribution < 1.29 is 17.6 Å². The van der Waals surface area contributed by atoms with Crippen LogP contribution in [0.15, 0.2) is 36.4 Å². The maximum Gasteiger partial charge on any atom is 0.251 e. The fraction of sp³-hybridized carbons (Fsp3) is 0.278. The van der Waals surface area contributed by atoms with Crippen LogP contribution in [0.4, 0.5) is 10.1 Å². The van der Waals surface area contributed by atoms with Gasteiger partial charge in [-0.2, -0.15) is 0 Å². The first kappa shape index (κ1) is 20.2. The van der Waals surface area contributed by atoms with Crippen LogP contribution in [0.1, 0.15) is 21.5 Å². The van der Waals surface area contributed by atoms with Crippen molar-refractivity contribution in [3.05, 3.63) is 63.9 Å². The van der Waals surface area contributed by atoms with Crippen molar-refractivity contribution in [3.63, 3.8) is 0 Å². The number of halogens is 2. The number of nitrogens with one attached hydrogen (secondary N) is 1. The summed E-state index contributed by atoms with van der Waals surface area (Å²) in [6.07, 6.45) is 1.04. The van der Waals surface area contributed by atoms with E-state index in [0.29, 0.717) is 5.56 Å². The maximum atomic E-state index is 13.3. The quantitative estimate of drug-likeness (QED) is 0.811. The van der Waals surface area contributed by atoms with Gasteiger partial charge in [0, 0.05) is 12.1 Å². The number of anilines is 1. The molecule has 2 rings (SSSR count). The Hall–Kier alpha value is -2.12. The molecule has 0 aliphatic rings. The van der Waals surface area contributed by atoms with Crippen LogP contribution in [-0.2, 0) is 10.0 Å². The van der Waals surface area contributed by atoms with Crippen LogP contribution in [0, 0.1) is 19.7 Å². The third-order valence-electron chi connectivity index (χ3n) is 3.96. The van der Waals surface area contributed by atoms with Gasteiger partial charge in [0.25, 0.3) is 5.91 Å². The van der Waals surface area contributed by atoms with E-state index < -0.39 is 15.8 Å². The van der Waals surface area contributed by atoms with E-state index >= 15 is 0 Å². The number of sulfonamides is 1. The summed E-state index contributed by atoms with van der Waals surface area (Å²) in [5.74, 6) is -0.925. The van der Waals surface area contributed by atoms with Crippen molar-refractivity contribution >= 4 is 33.2 Å². The van der Waals surface area contributed by atoms with Crippen LogP contribution < -0.4 is 9.62 Å². The summed E-state index contributed by atoms with van der Waals surface area (Å²) < 4.78 is 38.4. The number of hydrogen-bond donors (Lipinski definition) is 1. The molecule has 0 fully saturated rings. The molecule has 140 valence electrons. The Balaban J connectivity index is 2.09. The number of carbonyl (C=O) groups is 1. The average Bonchev–Trinajstić information content (AvgIpc) is 2.55. The molecule has 0 spiro atoms. The molecular formula is C18H20ClFN2O3S. The topological polar surface area (TPSA) is 66.5 Å². The SMILES string of the molecule is Cc1ccc(C(=O)NCCN(c2ccc(F)c(Cl)c2)S(C)(=O)=O)cc1C. The number of hydrogen-bond acceptors (Lipinski definition) is 3. The number of benzene rings is 2. The highest BCUT2D eigenvalue weighted by molar-refractivity contribution is 7.92. The monoisotopic (exact) mass is 398 g/mol. The summed E-state index contributed by atoms with van der Waals surface area (Å²) in [4.78, 5) is 12.2. The van der Waals surface area contributed by atoms with Crippen molar-refractivity contribution in [2.24, 2.45) is 0 Å². The molecule has 5 nitrogen and oxygen atoms in total. The van der Waals surface area contributed by atoms with Crippen molar-refractivity contribution in [2.45, 2.75) is 13.8 Å². The molecule has 0 aliphatic carbocycles. The minimum Gasteiger partial charge on any atom is -0.350 e. The van der Waals surface area contributed by atoms with E-state index in [1.807, 2.05) is 19.9 Å². The van der Waals surface area contributed by atoms with Gasteiger partial charge in [-0.25, -0.2) is 12.8 Å². The number of amides is 1. The van der Waals surface area contributed by atoms with E-state index in [1.54, 1.807) is 12.1 Å². The lowest BCUT2D eigenvalue weighted by molar-refractivity contribution is 0.0954. The Morgan fingerprint density at radius 3 is 2.42 bits per heavy atom. The number of rotatable bonds is 6. The zero-order valence-electron chi connectivity index (χ0n) is 14.7. The fourth-order valence-electron chi connectivity index (χ4n) is 2.38. The lowest BCUT2D eigenvalue weighted by Gasteiger charge is -2.23. The van der Waals surface area contributed by atoms with Crippen molar-refractivity contribution in [1.29, 1.82) is 0 Å². The second-order valence-electron chi connectivity index (χ2n) is 5.99. The third-order valence-corrected chi connectivity index (χ3v) is 5.44. The standard InChI is InChI=1S/C18H20ClFN2O3S/c1-12-4-5-14(10-13(12)2)18(23)21-8-9-22(26(3,24)25)15-6-7-17(20)16(19)11-15/h4-7,10-11H,8-9H2,1-3H3,(H,21,23). The summed E-state index contributed by atoms with van der Waals surface area (Å²) in [6, 6.07) is 9.01. The number of nitrogens with zero attached hydrogens (tertiary/aromatic N) is 1. The molecule has 26 heavy (non-hydrogen) atoms. The van der Waals surface area contributed by atoms with E-state index in [0.717, 1.165) is 27.8 Å². The molecule has 2 aromatic rings. The Morgan fingerprint density at radius 2 is 1.85 bits per heavy atom. The van der Waals surface area contributed by atoms with Crippen LogP contribution in [0.3, 0.4) is 0 Å². The molecule has 0 aliphatic heterocycles. The van der Waals surface area contributed by atoms with E-state index in [1.165, 1.54) is 12.1 Å². The van der Waals surface area contributed by atoms with Crippen LogP contribution in [0.25, 0.3) is 0 Å². The lowest BCUT2D eigenvalue weighted by atomic mass is 10.1. The lowest BCUT2D eigenvalue weighted by Crippen LogP contribution is -2.38. The van der Waals surface area contributed by atoms with Gasteiger partial charge < -0.3 is 5.32 Å². The molecule has 1 amide bonds. The highest BCUT2D eigenvalue weighted by Crippen LogP contribution is 2.24. The van der Waals surface area contributed by atoms with Gasteiger partial charge in [0.05, 0.1) is 23.5 Å². The van der Waals surface area contributed by atoms with Gasteiger partial charge >= 0.3 is 0 Å². The zero-order chi connectivity index (χ0) is 19.5. The van der Waals surface area contributed by atoms with Crippen LogP contribution in [-0.4, -0.2) is 33.7 Å². The summed E-state index contributed by atoms with van der Waals surface area (Å²) in [6.45, 7) is 3.95.